The van der Waals surface area contributed by atoms with Crippen LogP contribution in [0.5, 0.6) is 0 Å². The van der Waals surface area contributed by atoms with Crippen LogP contribution >= 0.6 is 0 Å². The fourth-order valence-electron chi connectivity index (χ4n) is 3.45. The summed E-state index contributed by atoms with van der Waals surface area (Å²) >= 11 is 0. The summed E-state index contributed by atoms with van der Waals surface area (Å²) < 4.78 is 7.44. The molecule has 5 heteroatoms. The molecule has 0 saturated carbocycles. The first kappa shape index (κ1) is 18.9. The largest absolute Gasteiger partial charge is 0.378 e. The standard InChI is InChI=1S/C22H25N3O2/c1-4-18-5-7-21(8-6-18)25-16(2)13-19(17(25)3)14-20(15-23)22(26)24-9-11-27-12-10-24/h5-8,13-14H,4,9-12H2,1-3H3. The van der Waals surface area contributed by atoms with Crippen LogP contribution in [0.3, 0.4) is 0 Å². The smallest absolute Gasteiger partial charge is 0.264 e. The van der Waals surface area contributed by atoms with Gasteiger partial charge in [-0.25, -0.2) is 0 Å². The molecule has 0 atom stereocenters. The maximum atomic E-state index is 12.7. The topological polar surface area (TPSA) is 58.3 Å². The van der Waals surface area contributed by atoms with Crippen molar-refractivity contribution < 1.29 is 9.53 Å². The van der Waals surface area contributed by atoms with Crippen molar-refractivity contribution in [1.29, 1.82) is 5.26 Å². The molecule has 0 bridgehead atoms. The average Bonchev–Trinajstić information content (AvgIpc) is 2.99. The summed E-state index contributed by atoms with van der Waals surface area (Å²) in [4.78, 5) is 14.3. The first-order chi connectivity index (χ1) is 13.0. The lowest BCUT2D eigenvalue weighted by molar-refractivity contribution is -0.130. The van der Waals surface area contributed by atoms with E-state index in [1.807, 2.05) is 19.9 Å². The highest BCUT2D eigenvalue weighted by atomic mass is 16.5. The second-order valence-electron chi connectivity index (χ2n) is 6.76. The molecule has 1 fully saturated rings. The van der Waals surface area contributed by atoms with Crippen LogP contribution < -0.4 is 0 Å². The Bertz CT molecular complexity index is 895. The molecule has 27 heavy (non-hydrogen) atoms. The van der Waals surface area contributed by atoms with E-state index in [4.69, 9.17) is 4.74 Å². The van der Waals surface area contributed by atoms with Crippen LogP contribution in [-0.4, -0.2) is 41.7 Å². The minimum absolute atomic E-state index is 0.165. The number of ether oxygens (including phenoxy) is 1. The molecule has 1 aliphatic rings. The van der Waals surface area contributed by atoms with E-state index in [9.17, 15) is 10.1 Å². The molecule has 1 aromatic carbocycles. The van der Waals surface area contributed by atoms with Gasteiger partial charge in [0.2, 0.25) is 0 Å². The van der Waals surface area contributed by atoms with Crippen LogP contribution in [0.4, 0.5) is 0 Å². The van der Waals surface area contributed by atoms with Gasteiger partial charge in [0.1, 0.15) is 11.6 Å². The molecule has 3 rings (SSSR count). The number of carbonyl (C=O) groups is 1. The van der Waals surface area contributed by atoms with Crippen LogP contribution in [0.25, 0.3) is 11.8 Å². The highest BCUT2D eigenvalue weighted by Gasteiger charge is 2.21. The summed E-state index contributed by atoms with van der Waals surface area (Å²) in [6.45, 7) is 8.29. The third-order valence-corrected chi connectivity index (χ3v) is 5.02. The number of nitriles is 1. The summed E-state index contributed by atoms with van der Waals surface area (Å²) in [6.07, 6.45) is 2.71. The van der Waals surface area contributed by atoms with Gasteiger partial charge in [-0.3, -0.25) is 4.79 Å². The van der Waals surface area contributed by atoms with Crippen molar-refractivity contribution in [1.82, 2.24) is 9.47 Å². The molecular formula is C22H25N3O2. The van der Waals surface area contributed by atoms with Gasteiger partial charge >= 0.3 is 0 Å². The van der Waals surface area contributed by atoms with Gasteiger partial charge in [0, 0.05) is 30.2 Å². The van der Waals surface area contributed by atoms with E-state index in [-0.39, 0.29) is 11.5 Å². The fourth-order valence-corrected chi connectivity index (χ4v) is 3.45. The highest BCUT2D eigenvalue weighted by Crippen LogP contribution is 2.23. The van der Waals surface area contributed by atoms with Crippen LogP contribution in [0.2, 0.25) is 0 Å². The zero-order valence-electron chi connectivity index (χ0n) is 16.2. The number of morpholine rings is 1. The number of nitrogens with zero attached hydrogens (tertiary/aromatic N) is 3. The number of benzene rings is 1. The fraction of sp³-hybridized carbons (Fsp3) is 0.364. The minimum atomic E-state index is -0.224. The second kappa shape index (κ2) is 8.24. The van der Waals surface area contributed by atoms with Crippen molar-refractivity contribution in [3.8, 4) is 11.8 Å². The number of aromatic nitrogens is 1. The lowest BCUT2D eigenvalue weighted by Crippen LogP contribution is -2.41. The molecule has 1 saturated heterocycles. The zero-order valence-corrected chi connectivity index (χ0v) is 16.2. The van der Waals surface area contributed by atoms with E-state index >= 15 is 0 Å². The molecule has 1 aliphatic heterocycles. The first-order valence-corrected chi connectivity index (χ1v) is 9.32. The lowest BCUT2D eigenvalue weighted by Gasteiger charge is -2.26. The molecule has 0 radical (unpaired) electrons. The summed E-state index contributed by atoms with van der Waals surface area (Å²) in [6, 6.07) is 12.6. The predicted octanol–water partition coefficient (Wildman–Crippen LogP) is 3.42. The number of hydrogen-bond donors (Lipinski definition) is 0. The van der Waals surface area contributed by atoms with Gasteiger partial charge in [-0.1, -0.05) is 19.1 Å². The molecule has 1 aromatic heterocycles. The van der Waals surface area contributed by atoms with Crippen LogP contribution in [0.1, 0.15) is 29.4 Å². The monoisotopic (exact) mass is 363 g/mol. The Labute approximate surface area is 160 Å². The van der Waals surface area contributed by atoms with Crippen LogP contribution in [0.15, 0.2) is 35.9 Å². The number of rotatable bonds is 4. The van der Waals surface area contributed by atoms with E-state index in [1.165, 1.54) is 5.56 Å². The normalized spacial score (nSPS) is 14.9. The quantitative estimate of drug-likeness (QED) is 0.618. The predicted molar refractivity (Wildman–Crippen MR) is 106 cm³/mol. The molecule has 5 nitrogen and oxygen atoms in total. The van der Waals surface area contributed by atoms with Crippen molar-refractivity contribution >= 4 is 12.0 Å². The lowest BCUT2D eigenvalue weighted by atomic mass is 10.1. The molecule has 0 spiro atoms. The molecule has 0 aliphatic carbocycles. The van der Waals surface area contributed by atoms with Crippen molar-refractivity contribution in [2.75, 3.05) is 26.3 Å². The number of carbonyl (C=O) groups excluding carboxylic acids is 1. The van der Waals surface area contributed by atoms with E-state index < -0.39 is 0 Å². The van der Waals surface area contributed by atoms with Gasteiger partial charge in [-0.05, 0) is 55.7 Å². The minimum Gasteiger partial charge on any atom is -0.378 e. The van der Waals surface area contributed by atoms with Gasteiger partial charge in [-0.2, -0.15) is 5.26 Å². The number of amides is 1. The molecule has 1 amide bonds. The Morgan fingerprint density at radius 2 is 1.89 bits per heavy atom. The van der Waals surface area contributed by atoms with E-state index in [0.717, 1.165) is 29.1 Å². The third-order valence-electron chi connectivity index (χ3n) is 5.02. The Balaban J connectivity index is 1.93. The summed E-state index contributed by atoms with van der Waals surface area (Å²) in [5.41, 5.74) is 5.52. The Kier molecular flexibility index (Phi) is 5.78. The zero-order chi connectivity index (χ0) is 19.4. The van der Waals surface area contributed by atoms with Gasteiger partial charge in [-0.15, -0.1) is 0 Å². The van der Waals surface area contributed by atoms with Gasteiger partial charge in [0.05, 0.1) is 13.2 Å². The SMILES string of the molecule is CCc1ccc(-n2c(C)cc(C=C(C#N)C(=O)N3CCOCC3)c2C)cc1. The molecule has 0 N–H and O–H groups in total. The maximum Gasteiger partial charge on any atom is 0.264 e. The molecule has 2 heterocycles. The Morgan fingerprint density at radius 1 is 1.22 bits per heavy atom. The van der Waals surface area contributed by atoms with Crippen molar-refractivity contribution in [3.05, 3.63) is 58.4 Å². The highest BCUT2D eigenvalue weighted by molar-refractivity contribution is 6.01. The summed E-state index contributed by atoms with van der Waals surface area (Å²) in [5.74, 6) is -0.224. The Morgan fingerprint density at radius 3 is 2.48 bits per heavy atom. The van der Waals surface area contributed by atoms with E-state index in [1.54, 1.807) is 11.0 Å². The first-order valence-electron chi connectivity index (χ1n) is 9.32. The van der Waals surface area contributed by atoms with E-state index in [2.05, 4.69) is 41.8 Å². The number of hydrogen-bond acceptors (Lipinski definition) is 3. The second-order valence-corrected chi connectivity index (χ2v) is 6.76. The summed E-state index contributed by atoms with van der Waals surface area (Å²) in [5, 5.41) is 9.53. The van der Waals surface area contributed by atoms with Crippen molar-refractivity contribution in [3.63, 3.8) is 0 Å². The van der Waals surface area contributed by atoms with Crippen molar-refractivity contribution in [2.45, 2.75) is 27.2 Å². The third kappa shape index (κ3) is 3.96. The van der Waals surface area contributed by atoms with E-state index in [0.29, 0.717) is 26.3 Å². The van der Waals surface area contributed by atoms with Crippen LogP contribution in [-0.2, 0) is 16.0 Å². The molecular weight excluding hydrogens is 338 g/mol. The van der Waals surface area contributed by atoms with Crippen molar-refractivity contribution in [2.24, 2.45) is 0 Å². The summed E-state index contributed by atoms with van der Waals surface area (Å²) in [7, 11) is 0. The number of aryl methyl sites for hydroxylation is 2. The maximum absolute atomic E-state index is 12.7. The average molecular weight is 363 g/mol. The Hall–Kier alpha value is -2.84. The van der Waals surface area contributed by atoms with Gasteiger partial charge in [0.25, 0.3) is 5.91 Å². The molecule has 2 aromatic rings. The van der Waals surface area contributed by atoms with Crippen LogP contribution in [0, 0.1) is 25.2 Å². The molecule has 140 valence electrons. The molecule has 0 unspecified atom stereocenters. The van der Waals surface area contributed by atoms with Gasteiger partial charge in [0.15, 0.2) is 0 Å². The van der Waals surface area contributed by atoms with Gasteiger partial charge < -0.3 is 14.2 Å².